The van der Waals surface area contributed by atoms with Gasteiger partial charge in [0.15, 0.2) is 5.76 Å². The van der Waals surface area contributed by atoms with Crippen molar-refractivity contribution >= 4 is 0 Å². The van der Waals surface area contributed by atoms with Crippen molar-refractivity contribution in [3.8, 4) is 11.5 Å². The number of rotatable bonds is 2. The minimum Gasteiger partial charge on any atom is -0.354 e. The molecule has 0 aliphatic carbocycles. The predicted octanol–water partition coefficient (Wildman–Crippen LogP) is 1.69. The van der Waals surface area contributed by atoms with Crippen molar-refractivity contribution in [3.63, 3.8) is 0 Å². The van der Waals surface area contributed by atoms with E-state index in [4.69, 9.17) is 4.52 Å². The van der Waals surface area contributed by atoms with Crippen molar-refractivity contribution in [2.45, 2.75) is 13.3 Å². The monoisotopic (exact) mass is 175 g/mol. The molecule has 0 saturated heterocycles. The Kier molecular flexibility index (Phi) is 2.04. The van der Waals surface area contributed by atoms with Crippen LogP contribution < -0.4 is 0 Å². The van der Waals surface area contributed by atoms with Crippen LogP contribution in [0.4, 0.5) is 0 Å². The third kappa shape index (κ3) is 1.56. The topological polar surface area (TPSA) is 51.8 Å². The van der Waals surface area contributed by atoms with Crippen molar-refractivity contribution in [1.82, 2.24) is 15.1 Å². The highest BCUT2D eigenvalue weighted by atomic mass is 16.5. The summed E-state index contributed by atoms with van der Waals surface area (Å²) in [5.74, 6) is 0.671. The van der Waals surface area contributed by atoms with Crippen LogP contribution in [0, 0.1) is 0 Å². The molecule has 2 heterocycles. The standard InChI is InChI=1S/C9H9N3O/c1-2-7-5-9(13-12-7)8-6-10-3-4-11-8/h3-6H,2H2,1H3. The molecule has 4 nitrogen and oxygen atoms in total. The Hall–Kier alpha value is -1.71. The lowest BCUT2D eigenvalue weighted by molar-refractivity contribution is 0.423. The molecule has 66 valence electrons. The fraction of sp³-hybridized carbons (Fsp3) is 0.222. The predicted molar refractivity (Wildman–Crippen MR) is 46.9 cm³/mol. The van der Waals surface area contributed by atoms with Gasteiger partial charge in [-0.15, -0.1) is 0 Å². The van der Waals surface area contributed by atoms with Gasteiger partial charge in [0.05, 0.1) is 11.9 Å². The molecule has 2 aromatic heterocycles. The smallest absolute Gasteiger partial charge is 0.187 e. The molecule has 0 unspecified atom stereocenters. The molecule has 0 aromatic carbocycles. The quantitative estimate of drug-likeness (QED) is 0.697. The molecule has 2 rings (SSSR count). The fourth-order valence-corrected chi connectivity index (χ4v) is 1.03. The van der Waals surface area contributed by atoms with Gasteiger partial charge in [0, 0.05) is 18.5 Å². The zero-order chi connectivity index (χ0) is 9.10. The van der Waals surface area contributed by atoms with Crippen LogP contribution in [0.15, 0.2) is 29.2 Å². The third-order valence-electron chi connectivity index (χ3n) is 1.74. The first kappa shape index (κ1) is 7.91. The van der Waals surface area contributed by atoms with E-state index in [1.165, 1.54) is 0 Å². The van der Waals surface area contributed by atoms with Crippen LogP contribution in [0.3, 0.4) is 0 Å². The van der Waals surface area contributed by atoms with E-state index in [1.807, 2.05) is 13.0 Å². The fourth-order valence-electron chi connectivity index (χ4n) is 1.03. The zero-order valence-electron chi connectivity index (χ0n) is 7.27. The maximum absolute atomic E-state index is 5.09. The Labute approximate surface area is 75.6 Å². The molecule has 0 aliphatic heterocycles. The summed E-state index contributed by atoms with van der Waals surface area (Å²) in [5, 5.41) is 3.87. The minimum atomic E-state index is 0.671. The van der Waals surface area contributed by atoms with Gasteiger partial charge in [0.2, 0.25) is 0 Å². The van der Waals surface area contributed by atoms with Crippen molar-refractivity contribution in [2.75, 3.05) is 0 Å². The highest BCUT2D eigenvalue weighted by molar-refractivity contribution is 5.49. The maximum atomic E-state index is 5.09. The second-order valence-electron chi connectivity index (χ2n) is 2.63. The third-order valence-corrected chi connectivity index (χ3v) is 1.74. The molecule has 0 atom stereocenters. The van der Waals surface area contributed by atoms with Crippen LogP contribution in [0.25, 0.3) is 11.5 Å². The maximum Gasteiger partial charge on any atom is 0.187 e. The summed E-state index contributed by atoms with van der Waals surface area (Å²) in [4.78, 5) is 8.05. The van der Waals surface area contributed by atoms with E-state index in [0.717, 1.165) is 17.8 Å². The molecule has 0 spiro atoms. The molecule has 0 amide bonds. The summed E-state index contributed by atoms with van der Waals surface area (Å²) in [6, 6.07) is 1.88. The van der Waals surface area contributed by atoms with E-state index in [1.54, 1.807) is 18.6 Å². The number of aryl methyl sites for hydroxylation is 1. The van der Waals surface area contributed by atoms with Crippen LogP contribution in [0.1, 0.15) is 12.6 Å². The molecule has 13 heavy (non-hydrogen) atoms. The van der Waals surface area contributed by atoms with Gasteiger partial charge in [-0.05, 0) is 6.42 Å². The van der Waals surface area contributed by atoms with Crippen LogP contribution >= 0.6 is 0 Å². The Balaban J connectivity index is 2.36. The molecule has 4 heteroatoms. The van der Waals surface area contributed by atoms with Gasteiger partial charge < -0.3 is 4.52 Å². The summed E-state index contributed by atoms with van der Waals surface area (Å²) < 4.78 is 5.09. The number of hydrogen-bond donors (Lipinski definition) is 0. The molecule has 0 N–H and O–H groups in total. The summed E-state index contributed by atoms with van der Waals surface area (Å²) in [7, 11) is 0. The van der Waals surface area contributed by atoms with Gasteiger partial charge in [0.25, 0.3) is 0 Å². The minimum absolute atomic E-state index is 0.671. The average Bonchev–Trinajstić information content (AvgIpc) is 2.67. The van der Waals surface area contributed by atoms with Crippen molar-refractivity contribution < 1.29 is 4.52 Å². The highest BCUT2D eigenvalue weighted by Crippen LogP contribution is 2.16. The molecule has 2 aromatic rings. The molecule has 0 bridgehead atoms. The lowest BCUT2D eigenvalue weighted by Crippen LogP contribution is -1.80. The summed E-state index contributed by atoms with van der Waals surface area (Å²) in [6.07, 6.45) is 5.77. The molecule has 0 saturated carbocycles. The van der Waals surface area contributed by atoms with Gasteiger partial charge in [-0.25, -0.2) is 4.98 Å². The van der Waals surface area contributed by atoms with Crippen molar-refractivity contribution in [2.24, 2.45) is 0 Å². The van der Waals surface area contributed by atoms with Crippen LogP contribution in [0.2, 0.25) is 0 Å². The van der Waals surface area contributed by atoms with E-state index in [-0.39, 0.29) is 0 Å². The van der Waals surface area contributed by atoms with E-state index in [2.05, 4.69) is 15.1 Å². The van der Waals surface area contributed by atoms with E-state index >= 15 is 0 Å². The Bertz CT molecular complexity index is 383. The zero-order valence-corrected chi connectivity index (χ0v) is 7.27. The van der Waals surface area contributed by atoms with E-state index in [9.17, 15) is 0 Å². The Morgan fingerprint density at radius 3 is 2.92 bits per heavy atom. The molecule has 0 fully saturated rings. The average molecular weight is 175 g/mol. The largest absolute Gasteiger partial charge is 0.354 e. The second kappa shape index (κ2) is 3.35. The molecular formula is C9H9N3O. The highest BCUT2D eigenvalue weighted by Gasteiger charge is 2.05. The molecule has 0 radical (unpaired) electrons. The van der Waals surface area contributed by atoms with E-state index in [0.29, 0.717) is 5.76 Å². The van der Waals surface area contributed by atoms with Gasteiger partial charge in [-0.1, -0.05) is 12.1 Å². The normalized spacial score (nSPS) is 10.2. The Morgan fingerprint density at radius 2 is 2.31 bits per heavy atom. The van der Waals surface area contributed by atoms with Crippen LogP contribution in [-0.2, 0) is 6.42 Å². The van der Waals surface area contributed by atoms with E-state index < -0.39 is 0 Å². The Morgan fingerprint density at radius 1 is 1.38 bits per heavy atom. The van der Waals surface area contributed by atoms with Crippen molar-refractivity contribution in [3.05, 3.63) is 30.4 Å². The first-order chi connectivity index (χ1) is 6.40. The summed E-state index contributed by atoms with van der Waals surface area (Å²) in [5.41, 5.74) is 1.65. The van der Waals surface area contributed by atoms with Crippen LogP contribution in [-0.4, -0.2) is 15.1 Å². The summed E-state index contributed by atoms with van der Waals surface area (Å²) in [6.45, 7) is 2.03. The van der Waals surface area contributed by atoms with Gasteiger partial charge >= 0.3 is 0 Å². The van der Waals surface area contributed by atoms with Crippen LogP contribution in [0.5, 0.6) is 0 Å². The van der Waals surface area contributed by atoms with Gasteiger partial charge in [-0.2, -0.15) is 0 Å². The number of hydrogen-bond acceptors (Lipinski definition) is 4. The lowest BCUT2D eigenvalue weighted by atomic mass is 10.3. The second-order valence-corrected chi connectivity index (χ2v) is 2.63. The first-order valence-electron chi connectivity index (χ1n) is 4.12. The molecular weight excluding hydrogens is 166 g/mol. The van der Waals surface area contributed by atoms with Gasteiger partial charge in [-0.3, -0.25) is 4.98 Å². The summed E-state index contributed by atoms with van der Waals surface area (Å²) >= 11 is 0. The van der Waals surface area contributed by atoms with Gasteiger partial charge in [0.1, 0.15) is 5.69 Å². The first-order valence-corrected chi connectivity index (χ1v) is 4.12. The lowest BCUT2D eigenvalue weighted by Gasteiger charge is -1.89. The van der Waals surface area contributed by atoms with Crippen molar-refractivity contribution in [1.29, 1.82) is 0 Å². The molecule has 0 aliphatic rings. The number of nitrogens with zero attached hydrogens (tertiary/aromatic N) is 3. The SMILES string of the molecule is CCc1cc(-c2cnccn2)on1. The number of aromatic nitrogens is 3.